The zero-order valence-electron chi connectivity index (χ0n) is 21.5. The van der Waals surface area contributed by atoms with Gasteiger partial charge in [-0.3, -0.25) is 4.79 Å². The molecule has 0 spiro atoms. The summed E-state index contributed by atoms with van der Waals surface area (Å²) in [7, 11) is 2.97. The minimum atomic E-state index is -0.750. The minimum absolute atomic E-state index is 0.0696. The third-order valence-corrected chi connectivity index (χ3v) is 7.30. The van der Waals surface area contributed by atoms with Crippen LogP contribution in [0.3, 0.4) is 0 Å². The molecule has 3 aromatic rings. The van der Waals surface area contributed by atoms with Crippen LogP contribution in [-0.2, 0) is 21.4 Å². The van der Waals surface area contributed by atoms with Crippen molar-refractivity contribution in [3.8, 4) is 17.2 Å². The average Bonchev–Trinajstić information content (AvgIpc) is 3.40. The summed E-state index contributed by atoms with van der Waals surface area (Å²) in [4.78, 5) is 25.6. The van der Waals surface area contributed by atoms with Gasteiger partial charge in [0, 0.05) is 24.5 Å². The van der Waals surface area contributed by atoms with Gasteiger partial charge in [-0.05, 0) is 60.9 Å². The lowest BCUT2D eigenvalue weighted by atomic mass is 9.82. The van der Waals surface area contributed by atoms with E-state index in [2.05, 4.69) is 11.4 Å². The average molecular weight is 502 g/mol. The number of carbonyl (C=O) groups is 2. The molecule has 2 heterocycles. The van der Waals surface area contributed by atoms with Crippen LogP contribution in [-0.4, -0.2) is 32.7 Å². The summed E-state index contributed by atoms with van der Waals surface area (Å²) >= 11 is 0. The second-order valence-corrected chi connectivity index (χ2v) is 9.93. The third kappa shape index (κ3) is 4.73. The van der Waals surface area contributed by atoms with E-state index in [0.29, 0.717) is 30.1 Å². The molecule has 3 aromatic carbocycles. The van der Waals surface area contributed by atoms with Crippen molar-refractivity contribution < 1.29 is 28.5 Å². The monoisotopic (exact) mass is 501 g/mol. The first-order chi connectivity index (χ1) is 17.8. The Bertz CT molecular complexity index is 1330. The first-order valence-electron chi connectivity index (χ1n) is 12.4. The molecule has 0 fully saturated rings. The largest absolute Gasteiger partial charge is 0.497 e. The van der Waals surface area contributed by atoms with Gasteiger partial charge < -0.3 is 24.3 Å². The zero-order chi connectivity index (χ0) is 26.2. The van der Waals surface area contributed by atoms with Crippen molar-refractivity contribution >= 4 is 11.9 Å². The van der Waals surface area contributed by atoms with Crippen molar-refractivity contribution in [3.63, 3.8) is 0 Å². The molecule has 0 aromatic heterocycles. The number of carbonyl (C=O) groups excluding carboxylic acids is 2. The number of hydrogen-bond donors (Lipinski definition) is 1. The molecule has 7 nitrogen and oxygen atoms in total. The quantitative estimate of drug-likeness (QED) is 0.475. The van der Waals surface area contributed by atoms with Crippen molar-refractivity contribution in [3.05, 3.63) is 88.5 Å². The number of benzene rings is 3. The Morgan fingerprint density at radius 2 is 1.76 bits per heavy atom. The van der Waals surface area contributed by atoms with Gasteiger partial charge in [-0.25, -0.2) is 4.79 Å². The van der Waals surface area contributed by atoms with Crippen LogP contribution in [0.2, 0.25) is 0 Å². The van der Waals surface area contributed by atoms with E-state index in [1.54, 1.807) is 19.2 Å². The third-order valence-electron chi connectivity index (χ3n) is 7.30. The molecular weight excluding hydrogens is 470 g/mol. The van der Waals surface area contributed by atoms with E-state index < -0.39 is 11.4 Å². The molecule has 2 aliphatic heterocycles. The molecule has 192 valence electrons. The fourth-order valence-electron chi connectivity index (χ4n) is 4.91. The smallest absolute Gasteiger partial charge is 0.337 e. The molecule has 2 aliphatic rings. The number of nitrogens with one attached hydrogen (secondary N) is 1. The molecular formula is C30H31NO6. The van der Waals surface area contributed by atoms with Crippen LogP contribution >= 0.6 is 0 Å². The van der Waals surface area contributed by atoms with Gasteiger partial charge in [-0.2, -0.15) is 0 Å². The molecule has 0 aliphatic carbocycles. The lowest BCUT2D eigenvalue weighted by molar-refractivity contribution is -0.126. The van der Waals surface area contributed by atoms with Crippen LogP contribution in [0.5, 0.6) is 17.2 Å². The SMILES string of the molecule is COC(=O)c1ccc([C@H]2C[C@@H](NC(=O)C(C)(C)c3ccc4c(c3)CCO4)c3ccc(OC)cc3O2)cc1. The maximum Gasteiger partial charge on any atom is 0.337 e. The molecule has 1 N–H and O–H groups in total. The fraction of sp³-hybridized carbons (Fsp3) is 0.333. The van der Waals surface area contributed by atoms with Gasteiger partial charge in [-0.15, -0.1) is 0 Å². The lowest BCUT2D eigenvalue weighted by Gasteiger charge is -2.35. The molecule has 0 saturated carbocycles. The maximum absolute atomic E-state index is 13.7. The summed E-state index contributed by atoms with van der Waals surface area (Å²) < 4.78 is 22.2. The number of esters is 1. The van der Waals surface area contributed by atoms with Gasteiger partial charge in [0.25, 0.3) is 0 Å². The molecule has 0 unspecified atom stereocenters. The van der Waals surface area contributed by atoms with Crippen molar-refractivity contribution in [2.75, 3.05) is 20.8 Å². The van der Waals surface area contributed by atoms with Crippen LogP contribution in [0.15, 0.2) is 60.7 Å². The van der Waals surface area contributed by atoms with E-state index in [-0.39, 0.29) is 18.1 Å². The highest BCUT2D eigenvalue weighted by Crippen LogP contribution is 2.43. The Balaban J connectivity index is 1.42. The molecule has 7 heteroatoms. The number of methoxy groups -OCH3 is 2. The first kappa shape index (κ1) is 24.7. The molecule has 0 radical (unpaired) electrons. The van der Waals surface area contributed by atoms with Gasteiger partial charge in [0.1, 0.15) is 23.4 Å². The van der Waals surface area contributed by atoms with Crippen LogP contribution in [0, 0.1) is 0 Å². The van der Waals surface area contributed by atoms with Crippen molar-refractivity contribution in [1.29, 1.82) is 0 Å². The summed E-state index contributed by atoms with van der Waals surface area (Å²) in [6, 6.07) is 18.5. The Morgan fingerprint density at radius 3 is 2.49 bits per heavy atom. The van der Waals surface area contributed by atoms with Gasteiger partial charge in [0.05, 0.1) is 37.8 Å². The molecule has 2 atom stereocenters. The van der Waals surface area contributed by atoms with E-state index in [1.165, 1.54) is 7.11 Å². The van der Waals surface area contributed by atoms with E-state index >= 15 is 0 Å². The summed E-state index contributed by atoms with van der Waals surface area (Å²) in [6.07, 6.45) is 1.07. The number of ether oxygens (including phenoxy) is 4. The predicted octanol–water partition coefficient (Wildman–Crippen LogP) is 5.08. The Labute approximate surface area is 216 Å². The molecule has 37 heavy (non-hydrogen) atoms. The molecule has 0 bridgehead atoms. The van der Waals surface area contributed by atoms with Gasteiger partial charge >= 0.3 is 5.97 Å². The number of hydrogen-bond acceptors (Lipinski definition) is 6. The van der Waals surface area contributed by atoms with Crippen molar-refractivity contribution in [1.82, 2.24) is 5.32 Å². The van der Waals surface area contributed by atoms with Crippen LogP contribution in [0.1, 0.15) is 65.0 Å². The highest BCUT2D eigenvalue weighted by Gasteiger charge is 2.36. The molecule has 0 saturated heterocycles. The van der Waals surface area contributed by atoms with Crippen LogP contribution in [0.4, 0.5) is 0 Å². The molecule has 1 amide bonds. The van der Waals surface area contributed by atoms with Gasteiger partial charge in [0.2, 0.25) is 5.91 Å². The summed E-state index contributed by atoms with van der Waals surface area (Å²) in [5.41, 5.74) is 3.60. The lowest BCUT2D eigenvalue weighted by Crippen LogP contribution is -2.43. The fourth-order valence-corrected chi connectivity index (χ4v) is 4.91. The number of amides is 1. The minimum Gasteiger partial charge on any atom is -0.497 e. The topological polar surface area (TPSA) is 83.1 Å². The van der Waals surface area contributed by atoms with E-state index in [0.717, 1.165) is 34.4 Å². The Kier molecular flexibility index (Phi) is 6.54. The summed E-state index contributed by atoms with van der Waals surface area (Å²) in [5.74, 6) is 1.77. The normalized spacial score (nSPS) is 18.1. The van der Waals surface area contributed by atoms with Gasteiger partial charge in [-0.1, -0.05) is 24.3 Å². The summed E-state index contributed by atoms with van der Waals surface area (Å²) in [5, 5.41) is 3.29. The highest BCUT2D eigenvalue weighted by molar-refractivity contribution is 5.89. The molecule has 5 rings (SSSR count). The predicted molar refractivity (Wildman–Crippen MR) is 138 cm³/mol. The Morgan fingerprint density at radius 1 is 0.973 bits per heavy atom. The maximum atomic E-state index is 13.7. The first-order valence-corrected chi connectivity index (χ1v) is 12.4. The zero-order valence-corrected chi connectivity index (χ0v) is 21.5. The number of rotatable bonds is 6. The van der Waals surface area contributed by atoms with E-state index in [1.807, 2.05) is 56.3 Å². The van der Waals surface area contributed by atoms with E-state index in [4.69, 9.17) is 18.9 Å². The van der Waals surface area contributed by atoms with Crippen LogP contribution < -0.4 is 19.5 Å². The van der Waals surface area contributed by atoms with Crippen LogP contribution in [0.25, 0.3) is 0 Å². The highest BCUT2D eigenvalue weighted by atomic mass is 16.5. The second kappa shape index (κ2) is 9.81. The second-order valence-electron chi connectivity index (χ2n) is 9.93. The van der Waals surface area contributed by atoms with Gasteiger partial charge in [0.15, 0.2) is 0 Å². The van der Waals surface area contributed by atoms with E-state index in [9.17, 15) is 9.59 Å². The van der Waals surface area contributed by atoms with Crippen molar-refractivity contribution in [2.24, 2.45) is 0 Å². The Hall–Kier alpha value is -4.00. The standard InChI is InChI=1S/C30H31NO6/c1-30(2,21-9-12-25-20(15-21)13-14-36-25)29(33)31-24-17-26(18-5-7-19(8-6-18)28(32)35-4)37-27-16-22(34-3)10-11-23(24)27/h5-12,15-16,24,26H,13-14,17H2,1-4H3,(H,31,33)/t24-,26-/m1/s1. The summed E-state index contributed by atoms with van der Waals surface area (Å²) in [6.45, 7) is 4.56. The van der Waals surface area contributed by atoms with Crippen molar-refractivity contribution in [2.45, 2.75) is 44.2 Å². The number of fused-ring (bicyclic) bond motifs is 2.